The Morgan fingerprint density at radius 2 is 1.70 bits per heavy atom. The molecule has 0 saturated heterocycles. The van der Waals surface area contributed by atoms with Gasteiger partial charge >= 0.3 is 8.56 Å². The molecule has 0 aliphatic rings. The van der Waals surface area contributed by atoms with Crippen molar-refractivity contribution in [1.82, 2.24) is 0 Å². The van der Waals surface area contributed by atoms with Crippen LogP contribution in [0.15, 0.2) is 30.3 Å². The fraction of sp³-hybridized carbons (Fsp3) is 0.625. The Labute approximate surface area is 139 Å². The van der Waals surface area contributed by atoms with E-state index in [0.29, 0.717) is 19.8 Å². The summed E-state index contributed by atoms with van der Waals surface area (Å²) in [4.78, 5) is 0. The summed E-state index contributed by atoms with van der Waals surface area (Å²) in [7, 11) is -2.45. The molecule has 0 heterocycles. The van der Waals surface area contributed by atoms with Gasteiger partial charge in [-0.05, 0) is 31.5 Å². The first-order valence-electron chi connectivity index (χ1n) is 7.88. The Morgan fingerprint density at radius 3 is 2.22 bits per heavy atom. The smallest absolute Gasteiger partial charge is 0.372 e. The van der Waals surface area contributed by atoms with Gasteiger partial charge in [0.25, 0.3) is 0 Å². The molecule has 1 aromatic carbocycles. The molecule has 0 aromatic heterocycles. The first-order valence-corrected chi connectivity index (χ1v) is 9.91. The fourth-order valence-corrected chi connectivity index (χ4v) is 5.57. The Morgan fingerprint density at radius 1 is 1.09 bits per heavy atom. The molecule has 134 valence electrons. The monoisotopic (exact) mass is 346 g/mol. The van der Waals surface area contributed by atoms with Crippen LogP contribution in [0.3, 0.4) is 0 Å². The topological polar surface area (TPSA) is 99.7 Å². The van der Waals surface area contributed by atoms with E-state index in [1.54, 1.807) is 0 Å². The van der Waals surface area contributed by atoms with E-state index < -0.39 is 14.7 Å². The van der Waals surface area contributed by atoms with Crippen LogP contribution in [-0.2, 0) is 13.6 Å². The van der Waals surface area contributed by atoms with Crippen LogP contribution in [0.4, 0.5) is 0 Å². The van der Waals surface area contributed by atoms with Crippen LogP contribution >= 0.6 is 0 Å². The van der Waals surface area contributed by atoms with E-state index in [4.69, 9.17) is 18.7 Å². The van der Waals surface area contributed by atoms with Gasteiger partial charge < -0.3 is 29.3 Å². The fourth-order valence-electron chi connectivity index (χ4n) is 2.33. The number of rotatable bonds is 12. The van der Waals surface area contributed by atoms with E-state index in [1.165, 1.54) is 0 Å². The quantitative estimate of drug-likeness (QED) is 0.420. The Bertz CT molecular complexity index is 383. The first kappa shape index (κ1) is 22.2. The highest BCUT2D eigenvalue weighted by Crippen LogP contribution is 2.17. The maximum absolute atomic E-state index is 9.25. The summed E-state index contributed by atoms with van der Waals surface area (Å²) in [5.74, 6) is 0. The van der Waals surface area contributed by atoms with Gasteiger partial charge in [0, 0.05) is 19.8 Å². The zero-order chi connectivity index (χ0) is 16.3. The lowest BCUT2D eigenvalue weighted by molar-refractivity contribution is 0.00605. The number of hydrogen-bond acceptors (Lipinski definition) is 5. The predicted octanol–water partition coefficient (Wildman–Crippen LogP) is 0.344. The van der Waals surface area contributed by atoms with Gasteiger partial charge in [0.1, 0.15) is 6.10 Å². The molecule has 1 rings (SSSR count). The van der Waals surface area contributed by atoms with Crippen molar-refractivity contribution in [2.45, 2.75) is 32.4 Å². The average Bonchev–Trinajstić information content (AvgIpc) is 2.55. The van der Waals surface area contributed by atoms with Crippen LogP contribution in [0.2, 0.25) is 6.04 Å². The van der Waals surface area contributed by atoms with Gasteiger partial charge in [-0.15, -0.1) is 0 Å². The Kier molecular flexibility index (Phi) is 12.2. The van der Waals surface area contributed by atoms with E-state index in [-0.39, 0.29) is 18.7 Å². The molecule has 23 heavy (non-hydrogen) atoms. The highest BCUT2D eigenvalue weighted by atomic mass is 28.4. The third kappa shape index (κ3) is 7.54. The van der Waals surface area contributed by atoms with Crippen molar-refractivity contribution in [1.29, 1.82) is 0 Å². The second kappa shape index (κ2) is 12.6. The molecule has 0 bridgehead atoms. The summed E-state index contributed by atoms with van der Waals surface area (Å²) in [6.07, 6.45) is -0.0193. The number of aliphatic hydroxyl groups is 2. The molecular formula is C16H30O6Si. The zero-order valence-corrected chi connectivity index (χ0v) is 15.0. The summed E-state index contributed by atoms with van der Waals surface area (Å²) in [6, 6.07) is 10.9. The van der Waals surface area contributed by atoms with Crippen LogP contribution in [0.25, 0.3) is 0 Å². The van der Waals surface area contributed by atoms with Crippen molar-refractivity contribution < 1.29 is 29.3 Å². The van der Waals surface area contributed by atoms with Crippen LogP contribution < -0.4 is 5.19 Å². The summed E-state index contributed by atoms with van der Waals surface area (Å²) >= 11 is 0. The number of ether oxygens (including phenoxy) is 1. The van der Waals surface area contributed by atoms with E-state index in [2.05, 4.69) is 12.1 Å². The standard InChI is InChI=1S/C16H28O5Si.H2O/c1-3-20-22(21-4-2,16-9-6-5-7-10-16)12-8-11-19-14-15(18)13-17;/h5-7,9-10,15,17-18H,3-4,8,11-14H2,1-2H3;1H2. The number of benzene rings is 1. The second-order valence-electron chi connectivity index (χ2n) is 5.00. The van der Waals surface area contributed by atoms with Gasteiger partial charge in [-0.3, -0.25) is 0 Å². The van der Waals surface area contributed by atoms with Crippen LogP contribution in [0, 0.1) is 0 Å². The van der Waals surface area contributed by atoms with E-state index in [1.807, 2.05) is 32.0 Å². The maximum Gasteiger partial charge on any atom is 0.372 e. The van der Waals surface area contributed by atoms with Gasteiger partial charge in [-0.2, -0.15) is 0 Å². The molecule has 6 nitrogen and oxygen atoms in total. The van der Waals surface area contributed by atoms with E-state index in [9.17, 15) is 5.11 Å². The average molecular weight is 346 g/mol. The van der Waals surface area contributed by atoms with Crippen LogP contribution in [0.5, 0.6) is 0 Å². The molecule has 1 atom stereocenters. The Balaban J connectivity index is 0.00000484. The Hall–Kier alpha value is -0.803. The number of aliphatic hydroxyl groups excluding tert-OH is 2. The van der Waals surface area contributed by atoms with Crippen molar-refractivity contribution in [2.24, 2.45) is 0 Å². The van der Waals surface area contributed by atoms with Crippen LogP contribution in [0.1, 0.15) is 20.3 Å². The SMILES string of the molecule is CCO[Si](CCCOCC(O)CO)(OCC)c1ccccc1.O. The van der Waals surface area contributed by atoms with Gasteiger partial charge in [0.15, 0.2) is 0 Å². The van der Waals surface area contributed by atoms with Crippen LogP contribution in [-0.4, -0.2) is 63.4 Å². The largest absolute Gasteiger partial charge is 0.412 e. The zero-order valence-electron chi connectivity index (χ0n) is 14.0. The molecule has 0 fully saturated rings. The highest BCUT2D eigenvalue weighted by molar-refractivity contribution is 6.81. The van der Waals surface area contributed by atoms with Gasteiger partial charge in [-0.1, -0.05) is 30.3 Å². The molecule has 0 saturated carbocycles. The normalized spacial score (nSPS) is 12.7. The van der Waals surface area contributed by atoms with E-state index >= 15 is 0 Å². The van der Waals surface area contributed by atoms with Crippen molar-refractivity contribution in [3.05, 3.63) is 30.3 Å². The molecule has 0 aliphatic heterocycles. The lowest BCUT2D eigenvalue weighted by Gasteiger charge is -2.30. The third-order valence-electron chi connectivity index (χ3n) is 3.28. The van der Waals surface area contributed by atoms with Crippen molar-refractivity contribution in [3.63, 3.8) is 0 Å². The maximum atomic E-state index is 9.25. The molecule has 0 radical (unpaired) electrons. The molecule has 0 spiro atoms. The minimum absolute atomic E-state index is 0. The summed E-state index contributed by atoms with van der Waals surface area (Å²) in [5, 5.41) is 19.1. The lowest BCUT2D eigenvalue weighted by Crippen LogP contribution is -2.54. The van der Waals surface area contributed by atoms with Crippen molar-refractivity contribution >= 4 is 13.7 Å². The molecule has 0 aliphatic carbocycles. The third-order valence-corrected chi connectivity index (χ3v) is 7.02. The second-order valence-corrected chi connectivity index (χ2v) is 8.16. The molecule has 1 aromatic rings. The molecule has 1 unspecified atom stereocenters. The van der Waals surface area contributed by atoms with Gasteiger partial charge in [-0.25, -0.2) is 0 Å². The van der Waals surface area contributed by atoms with Gasteiger partial charge in [0.05, 0.1) is 13.2 Å². The molecule has 7 heteroatoms. The van der Waals surface area contributed by atoms with Gasteiger partial charge in [0.2, 0.25) is 0 Å². The molecule has 0 amide bonds. The summed E-state index contributed by atoms with van der Waals surface area (Å²) < 4.78 is 17.5. The molecular weight excluding hydrogens is 316 g/mol. The highest BCUT2D eigenvalue weighted by Gasteiger charge is 2.38. The predicted molar refractivity (Wildman–Crippen MR) is 92.0 cm³/mol. The lowest BCUT2D eigenvalue weighted by atomic mass is 10.4. The minimum atomic E-state index is -2.45. The molecule has 4 N–H and O–H groups in total. The summed E-state index contributed by atoms with van der Waals surface area (Å²) in [5.41, 5.74) is 0. The first-order chi connectivity index (χ1) is 10.7. The number of hydrogen-bond donors (Lipinski definition) is 2. The van der Waals surface area contributed by atoms with Crippen molar-refractivity contribution in [3.8, 4) is 0 Å². The summed E-state index contributed by atoms with van der Waals surface area (Å²) in [6.45, 7) is 5.59. The van der Waals surface area contributed by atoms with Crippen molar-refractivity contribution in [2.75, 3.05) is 33.0 Å². The van der Waals surface area contributed by atoms with E-state index in [0.717, 1.165) is 17.7 Å². The minimum Gasteiger partial charge on any atom is -0.412 e.